The second-order valence-corrected chi connectivity index (χ2v) is 9.26. The van der Waals surface area contributed by atoms with Gasteiger partial charge in [-0.25, -0.2) is 9.97 Å². The Labute approximate surface area is 205 Å². The van der Waals surface area contributed by atoms with Gasteiger partial charge in [-0.3, -0.25) is 14.6 Å². The van der Waals surface area contributed by atoms with Gasteiger partial charge in [-0.1, -0.05) is 13.8 Å². The summed E-state index contributed by atoms with van der Waals surface area (Å²) in [5, 5.41) is 6.31. The third-order valence-electron chi connectivity index (χ3n) is 6.33. The normalized spacial score (nSPS) is 17.9. The first kappa shape index (κ1) is 24.2. The minimum atomic E-state index is -0.656. The molecule has 0 saturated carbocycles. The Morgan fingerprint density at radius 1 is 1.17 bits per heavy atom. The summed E-state index contributed by atoms with van der Waals surface area (Å²) in [5.74, 6) is 0.422. The van der Waals surface area contributed by atoms with E-state index in [1.54, 1.807) is 12.4 Å². The topological polar surface area (TPSA) is 131 Å². The largest absolute Gasteiger partial charge is 0.364 e. The predicted molar refractivity (Wildman–Crippen MR) is 135 cm³/mol. The van der Waals surface area contributed by atoms with E-state index in [2.05, 4.69) is 46.3 Å². The maximum absolute atomic E-state index is 12.9. The summed E-state index contributed by atoms with van der Waals surface area (Å²) in [6.45, 7) is 6.95. The lowest BCUT2D eigenvalue weighted by molar-refractivity contribution is 0.0923. The van der Waals surface area contributed by atoms with Crippen molar-refractivity contribution in [3.05, 3.63) is 59.9 Å². The highest BCUT2D eigenvalue weighted by molar-refractivity contribution is 5.96. The molecule has 1 aliphatic rings. The molecule has 0 aliphatic carbocycles. The van der Waals surface area contributed by atoms with Crippen LogP contribution >= 0.6 is 0 Å². The minimum absolute atomic E-state index is 0.0334. The molecule has 10 heteroatoms. The Morgan fingerprint density at radius 3 is 2.60 bits per heavy atom. The molecule has 1 fully saturated rings. The summed E-state index contributed by atoms with van der Waals surface area (Å²) in [4.78, 5) is 40.3. The lowest BCUT2D eigenvalue weighted by atomic mass is 9.97. The fraction of sp³-hybridized carbons (Fsp3) is 0.400. The summed E-state index contributed by atoms with van der Waals surface area (Å²) in [6.07, 6.45) is 8.67. The molecule has 1 saturated heterocycles. The SMILES string of the molecule is CC(C)c1ccc(C(=O)N[C@@H]2CCCN(c3cnc(C(N)=O)c(Nc4ccn(C)c4)n3)[C@@H]2C)cn1. The standard InChI is InChI=1S/C25H32N8O2/c1-15(2)19-8-7-17(12-27-19)25(35)30-20-6-5-10-33(16(20)3)21-13-28-22(23(26)34)24(31-21)29-18-9-11-32(4)14-18/h7-9,11-16,20H,5-6,10H2,1-4H3,(H2,26,34)(H,29,31)(H,30,35)/t16-,20-/m1/s1. The van der Waals surface area contributed by atoms with Gasteiger partial charge < -0.3 is 25.8 Å². The Bertz CT molecular complexity index is 1200. The smallest absolute Gasteiger partial charge is 0.271 e. The highest BCUT2D eigenvalue weighted by Gasteiger charge is 2.31. The maximum Gasteiger partial charge on any atom is 0.271 e. The molecule has 10 nitrogen and oxygen atoms in total. The number of anilines is 3. The van der Waals surface area contributed by atoms with E-state index in [0.717, 1.165) is 30.8 Å². The number of aromatic nitrogens is 4. The number of nitrogens with two attached hydrogens (primary N) is 1. The molecule has 0 radical (unpaired) electrons. The van der Waals surface area contributed by atoms with Gasteiger partial charge in [0.25, 0.3) is 11.8 Å². The molecule has 4 N–H and O–H groups in total. The first-order chi connectivity index (χ1) is 16.7. The van der Waals surface area contributed by atoms with Crippen molar-refractivity contribution in [1.29, 1.82) is 0 Å². The molecule has 3 aromatic heterocycles. The van der Waals surface area contributed by atoms with E-state index in [4.69, 9.17) is 10.7 Å². The van der Waals surface area contributed by atoms with Gasteiger partial charge in [-0.15, -0.1) is 0 Å². The van der Waals surface area contributed by atoms with Crippen LogP contribution in [0.2, 0.25) is 0 Å². The van der Waals surface area contributed by atoms with Crippen LogP contribution in [0.1, 0.15) is 66.1 Å². The number of rotatable bonds is 7. The van der Waals surface area contributed by atoms with Crippen molar-refractivity contribution in [2.45, 2.75) is 51.6 Å². The quantitative estimate of drug-likeness (QED) is 0.478. The van der Waals surface area contributed by atoms with Crippen molar-refractivity contribution in [3.63, 3.8) is 0 Å². The van der Waals surface area contributed by atoms with Crippen LogP contribution in [0.5, 0.6) is 0 Å². The average Bonchev–Trinajstić information content (AvgIpc) is 3.24. The number of aryl methyl sites for hydroxylation is 1. The number of piperidine rings is 1. The predicted octanol–water partition coefficient (Wildman–Crippen LogP) is 2.96. The number of pyridine rings is 1. The zero-order chi connectivity index (χ0) is 25.1. The molecule has 2 atom stereocenters. The van der Waals surface area contributed by atoms with Gasteiger partial charge in [-0.2, -0.15) is 0 Å². The third-order valence-corrected chi connectivity index (χ3v) is 6.33. The number of hydrogen-bond acceptors (Lipinski definition) is 7. The third kappa shape index (κ3) is 5.42. The van der Waals surface area contributed by atoms with Crippen molar-refractivity contribution in [3.8, 4) is 0 Å². The lowest BCUT2D eigenvalue weighted by Crippen LogP contribution is -2.54. The van der Waals surface area contributed by atoms with E-state index in [1.165, 1.54) is 0 Å². The number of carbonyl (C=O) groups excluding carboxylic acids is 2. The van der Waals surface area contributed by atoms with Crippen LogP contribution in [0.15, 0.2) is 43.0 Å². The van der Waals surface area contributed by atoms with Gasteiger partial charge in [-0.05, 0) is 43.9 Å². The number of nitrogens with zero attached hydrogens (tertiary/aromatic N) is 5. The molecule has 0 aromatic carbocycles. The van der Waals surface area contributed by atoms with Crippen LogP contribution in [0.25, 0.3) is 0 Å². The Morgan fingerprint density at radius 2 is 1.97 bits per heavy atom. The van der Waals surface area contributed by atoms with Crippen LogP contribution in [0.3, 0.4) is 0 Å². The number of nitrogens with one attached hydrogen (secondary N) is 2. The minimum Gasteiger partial charge on any atom is -0.364 e. The van der Waals surface area contributed by atoms with Crippen molar-refractivity contribution >= 4 is 29.1 Å². The van der Waals surface area contributed by atoms with Gasteiger partial charge in [0.2, 0.25) is 0 Å². The fourth-order valence-corrected chi connectivity index (χ4v) is 4.29. The van der Waals surface area contributed by atoms with Crippen LogP contribution in [0.4, 0.5) is 17.3 Å². The second-order valence-electron chi connectivity index (χ2n) is 9.26. The second kappa shape index (κ2) is 10.1. The summed E-state index contributed by atoms with van der Waals surface area (Å²) < 4.78 is 1.88. The highest BCUT2D eigenvalue weighted by atomic mass is 16.2. The van der Waals surface area contributed by atoms with Gasteiger partial charge in [0.15, 0.2) is 11.5 Å². The van der Waals surface area contributed by atoms with Crippen LogP contribution in [-0.2, 0) is 7.05 Å². The molecule has 35 heavy (non-hydrogen) atoms. The molecule has 184 valence electrons. The highest BCUT2D eigenvalue weighted by Crippen LogP contribution is 2.27. The van der Waals surface area contributed by atoms with Crippen molar-refractivity contribution in [1.82, 2.24) is 24.8 Å². The van der Waals surface area contributed by atoms with Crippen LogP contribution in [-0.4, -0.2) is 50.0 Å². The van der Waals surface area contributed by atoms with Gasteiger partial charge in [0, 0.05) is 50.0 Å². The van der Waals surface area contributed by atoms with E-state index >= 15 is 0 Å². The van der Waals surface area contributed by atoms with E-state index in [0.29, 0.717) is 23.1 Å². The summed E-state index contributed by atoms with van der Waals surface area (Å²) in [6, 6.07) is 5.47. The zero-order valence-corrected chi connectivity index (χ0v) is 20.5. The number of amides is 2. The van der Waals surface area contributed by atoms with Gasteiger partial charge in [0.1, 0.15) is 5.82 Å². The molecule has 1 aliphatic heterocycles. The van der Waals surface area contributed by atoms with Crippen LogP contribution < -0.4 is 21.3 Å². The molecular weight excluding hydrogens is 444 g/mol. The molecular formula is C25H32N8O2. The number of primary amides is 1. The number of carbonyl (C=O) groups is 2. The van der Waals surface area contributed by atoms with Crippen LogP contribution in [0, 0.1) is 0 Å². The zero-order valence-electron chi connectivity index (χ0n) is 20.5. The first-order valence-electron chi connectivity index (χ1n) is 11.8. The summed E-state index contributed by atoms with van der Waals surface area (Å²) in [5.41, 5.74) is 7.88. The Hall–Kier alpha value is -3.95. The van der Waals surface area contributed by atoms with Crippen molar-refractivity contribution < 1.29 is 9.59 Å². The molecule has 3 aromatic rings. The first-order valence-corrected chi connectivity index (χ1v) is 11.8. The molecule has 0 bridgehead atoms. The number of hydrogen-bond donors (Lipinski definition) is 3. The molecule has 4 heterocycles. The molecule has 0 unspecified atom stereocenters. The monoisotopic (exact) mass is 476 g/mol. The van der Waals surface area contributed by atoms with Crippen molar-refractivity contribution in [2.75, 3.05) is 16.8 Å². The summed E-state index contributed by atoms with van der Waals surface area (Å²) >= 11 is 0. The Balaban J connectivity index is 1.52. The molecule has 0 spiro atoms. The van der Waals surface area contributed by atoms with Gasteiger partial charge >= 0.3 is 0 Å². The average molecular weight is 477 g/mol. The fourth-order valence-electron chi connectivity index (χ4n) is 4.29. The van der Waals surface area contributed by atoms with E-state index in [-0.39, 0.29) is 23.7 Å². The van der Waals surface area contributed by atoms with E-state index in [9.17, 15) is 9.59 Å². The molecule has 2 amide bonds. The van der Waals surface area contributed by atoms with E-state index < -0.39 is 5.91 Å². The molecule has 4 rings (SSSR count). The van der Waals surface area contributed by atoms with Gasteiger partial charge in [0.05, 0.1) is 17.4 Å². The summed E-state index contributed by atoms with van der Waals surface area (Å²) in [7, 11) is 1.90. The Kier molecular flexibility index (Phi) is 6.99. The maximum atomic E-state index is 12.9. The lowest BCUT2D eigenvalue weighted by Gasteiger charge is -2.40. The van der Waals surface area contributed by atoms with E-state index in [1.807, 2.05) is 42.2 Å². The van der Waals surface area contributed by atoms with Crippen molar-refractivity contribution in [2.24, 2.45) is 12.8 Å².